The maximum atomic E-state index is 10.3. The van der Waals surface area contributed by atoms with Crippen molar-refractivity contribution in [2.45, 2.75) is 5.88 Å². The van der Waals surface area contributed by atoms with E-state index < -0.39 is 0 Å². The smallest absolute Gasteiger partial charge is 0.168 e. The molecule has 0 spiro atoms. The predicted molar refractivity (Wildman–Crippen MR) is 46.9 cm³/mol. The van der Waals surface area contributed by atoms with Crippen LogP contribution in [0.5, 0.6) is 0 Å². The zero-order valence-electron chi connectivity index (χ0n) is 5.55. The summed E-state index contributed by atoms with van der Waals surface area (Å²) in [6, 6.07) is 3.42. The van der Waals surface area contributed by atoms with Crippen LogP contribution in [0.15, 0.2) is 16.6 Å². The minimum Gasteiger partial charge on any atom is -0.296 e. The third kappa shape index (κ3) is 2.27. The minimum atomic E-state index is 0.320. The summed E-state index contributed by atoms with van der Waals surface area (Å²) in [5.41, 5.74) is 1.10. The van der Waals surface area contributed by atoms with Gasteiger partial charge in [-0.1, -0.05) is 15.9 Å². The molecule has 0 N–H and O–H groups in total. The van der Waals surface area contributed by atoms with Gasteiger partial charge in [-0.15, -0.1) is 11.6 Å². The topological polar surface area (TPSA) is 30.0 Å². The number of carbonyl (C=O) groups excluding carboxylic acids is 1. The Balaban J connectivity index is 3.11. The third-order valence-electron chi connectivity index (χ3n) is 1.12. The van der Waals surface area contributed by atoms with Crippen LogP contribution in [0.4, 0.5) is 0 Å². The molecule has 0 fully saturated rings. The van der Waals surface area contributed by atoms with Crippen LogP contribution in [0, 0.1) is 0 Å². The predicted octanol–water partition coefficient (Wildman–Crippen LogP) is 2.40. The van der Waals surface area contributed by atoms with Crippen molar-refractivity contribution in [1.82, 2.24) is 4.98 Å². The summed E-state index contributed by atoms with van der Waals surface area (Å²) in [4.78, 5) is 14.2. The standard InChI is InChI=1S/C7H5BrClNO/c8-5-1-6(3-9)10-7(2-5)4-11/h1-2,4H,3H2. The van der Waals surface area contributed by atoms with Crippen molar-refractivity contribution in [2.75, 3.05) is 0 Å². The van der Waals surface area contributed by atoms with Gasteiger partial charge in [0.25, 0.3) is 0 Å². The number of aldehydes is 1. The van der Waals surface area contributed by atoms with Gasteiger partial charge in [-0.3, -0.25) is 4.79 Å². The Hall–Kier alpha value is -0.410. The van der Waals surface area contributed by atoms with Gasteiger partial charge in [-0.05, 0) is 12.1 Å². The maximum Gasteiger partial charge on any atom is 0.168 e. The molecule has 0 radical (unpaired) electrons. The van der Waals surface area contributed by atoms with Gasteiger partial charge in [-0.25, -0.2) is 4.98 Å². The van der Waals surface area contributed by atoms with Gasteiger partial charge in [0.15, 0.2) is 6.29 Å². The Kier molecular flexibility index (Phi) is 3.02. The van der Waals surface area contributed by atoms with Crippen LogP contribution in [0.1, 0.15) is 16.2 Å². The molecule has 0 saturated heterocycles. The van der Waals surface area contributed by atoms with Crippen molar-refractivity contribution < 1.29 is 4.79 Å². The number of alkyl halides is 1. The Morgan fingerprint density at radius 2 is 2.36 bits per heavy atom. The molecule has 1 aromatic rings. The molecule has 0 unspecified atom stereocenters. The number of halogens is 2. The Morgan fingerprint density at radius 3 is 2.91 bits per heavy atom. The van der Waals surface area contributed by atoms with Crippen molar-refractivity contribution in [3.63, 3.8) is 0 Å². The lowest BCUT2D eigenvalue weighted by molar-refractivity contribution is 0.111. The highest BCUT2D eigenvalue weighted by atomic mass is 79.9. The van der Waals surface area contributed by atoms with E-state index in [4.69, 9.17) is 11.6 Å². The highest BCUT2D eigenvalue weighted by Crippen LogP contribution is 2.12. The lowest BCUT2D eigenvalue weighted by Crippen LogP contribution is -1.91. The van der Waals surface area contributed by atoms with E-state index in [2.05, 4.69) is 20.9 Å². The number of nitrogens with zero attached hydrogens (tertiary/aromatic N) is 1. The minimum absolute atomic E-state index is 0.320. The molecule has 0 atom stereocenters. The second-order valence-corrected chi connectivity index (χ2v) is 3.14. The molecule has 0 aromatic carbocycles. The van der Waals surface area contributed by atoms with Crippen LogP contribution >= 0.6 is 27.5 Å². The molecule has 0 aliphatic heterocycles. The summed E-state index contributed by atoms with van der Waals surface area (Å²) >= 11 is 8.77. The molecule has 0 bridgehead atoms. The summed E-state index contributed by atoms with van der Waals surface area (Å²) in [5, 5.41) is 0. The lowest BCUT2D eigenvalue weighted by atomic mass is 10.3. The molecule has 0 amide bonds. The van der Waals surface area contributed by atoms with Gasteiger partial charge in [0.05, 0.1) is 11.6 Å². The monoisotopic (exact) mass is 233 g/mol. The van der Waals surface area contributed by atoms with E-state index in [-0.39, 0.29) is 0 Å². The van der Waals surface area contributed by atoms with Gasteiger partial charge < -0.3 is 0 Å². The number of hydrogen-bond donors (Lipinski definition) is 0. The van der Waals surface area contributed by atoms with Gasteiger partial charge >= 0.3 is 0 Å². The zero-order chi connectivity index (χ0) is 8.27. The molecule has 58 valence electrons. The lowest BCUT2D eigenvalue weighted by Gasteiger charge is -1.96. The molecule has 0 aliphatic rings. The Bertz CT molecular complexity index is 277. The highest BCUT2D eigenvalue weighted by molar-refractivity contribution is 9.10. The first-order valence-electron chi connectivity index (χ1n) is 2.94. The molecule has 1 heterocycles. The van der Waals surface area contributed by atoms with Crippen LogP contribution in [0.2, 0.25) is 0 Å². The second kappa shape index (κ2) is 3.83. The Morgan fingerprint density at radius 1 is 1.64 bits per heavy atom. The van der Waals surface area contributed by atoms with E-state index in [0.717, 1.165) is 4.47 Å². The fraction of sp³-hybridized carbons (Fsp3) is 0.143. The molecule has 4 heteroatoms. The first kappa shape index (κ1) is 8.68. The quantitative estimate of drug-likeness (QED) is 0.581. The van der Waals surface area contributed by atoms with Crippen molar-refractivity contribution in [3.8, 4) is 0 Å². The van der Waals surface area contributed by atoms with Crippen molar-refractivity contribution in [1.29, 1.82) is 0 Å². The summed E-state index contributed by atoms with van der Waals surface area (Å²) in [7, 11) is 0. The number of carbonyl (C=O) groups is 1. The van der Waals surface area contributed by atoms with Crippen LogP contribution in [0.3, 0.4) is 0 Å². The summed E-state index contributed by atoms with van der Waals surface area (Å²) in [6.07, 6.45) is 0.695. The molecule has 1 aromatic heterocycles. The normalized spacial score (nSPS) is 9.64. The summed E-state index contributed by atoms with van der Waals surface area (Å²) in [6.45, 7) is 0. The molecule has 0 saturated carbocycles. The second-order valence-electron chi connectivity index (χ2n) is 1.95. The molecule has 2 nitrogen and oxygen atoms in total. The summed E-state index contributed by atoms with van der Waals surface area (Å²) in [5.74, 6) is 0.320. The Labute approximate surface area is 77.7 Å². The van der Waals surface area contributed by atoms with Gasteiger partial charge in [0, 0.05) is 4.47 Å². The van der Waals surface area contributed by atoms with Crippen molar-refractivity contribution >= 4 is 33.8 Å². The molecular formula is C7H5BrClNO. The van der Waals surface area contributed by atoms with Crippen molar-refractivity contribution in [2.24, 2.45) is 0 Å². The fourth-order valence-electron chi connectivity index (χ4n) is 0.701. The molecular weight excluding hydrogens is 229 g/mol. The van der Waals surface area contributed by atoms with Crippen LogP contribution in [-0.4, -0.2) is 11.3 Å². The highest BCUT2D eigenvalue weighted by Gasteiger charge is 1.98. The van der Waals surface area contributed by atoms with E-state index >= 15 is 0 Å². The average molecular weight is 234 g/mol. The van der Waals surface area contributed by atoms with E-state index in [0.29, 0.717) is 23.6 Å². The van der Waals surface area contributed by atoms with Gasteiger partial charge in [0.1, 0.15) is 5.69 Å². The zero-order valence-corrected chi connectivity index (χ0v) is 7.89. The first-order valence-corrected chi connectivity index (χ1v) is 4.26. The van der Waals surface area contributed by atoms with E-state index in [9.17, 15) is 4.79 Å². The van der Waals surface area contributed by atoms with E-state index in [1.165, 1.54) is 0 Å². The number of rotatable bonds is 2. The summed E-state index contributed by atoms with van der Waals surface area (Å²) < 4.78 is 0.824. The van der Waals surface area contributed by atoms with Crippen LogP contribution in [0.25, 0.3) is 0 Å². The van der Waals surface area contributed by atoms with Crippen LogP contribution in [-0.2, 0) is 5.88 Å². The van der Waals surface area contributed by atoms with E-state index in [1.807, 2.05) is 0 Å². The number of hydrogen-bond acceptors (Lipinski definition) is 2. The first-order chi connectivity index (χ1) is 5.26. The van der Waals surface area contributed by atoms with Crippen LogP contribution < -0.4 is 0 Å². The van der Waals surface area contributed by atoms with Crippen molar-refractivity contribution in [3.05, 3.63) is 28.0 Å². The van der Waals surface area contributed by atoms with E-state index in [1.54, 1.807) is 12.1 Å². The maximum absolute atomic E-state index is 10.3. The SMILES string of the molecule is O=Cc1cc(Br)cc(CCl)n1. The van der Waals surface area contributed by atoms with Gasteiger partial charge in [-0.2, -0.15) is 0 Å². The molecule has 11 heavy (non-hydrogen) atoms. The third-order valence-corrected chi connectivity index (χ3v) is 1.85. The fourth-order valence-corrected chi connectivity index (χ4v) is 1.34. The van der Waals surface area contributed by atoms with Gasteiger partial charge in [0.2, 0.25) is 0 Å². The molecule has 1 rings (SSSR count). The average Bonchev–Trinajstić information content (AvgIpc) is 2.03. The largest absolute Gasteiger partial charge is 0.296 e. The number of aromatic nitrogens is 1. The molecule has 0 aliphatic carbocycles. The number of pyridine rings is 1.